The molecule has 0 spiro atoms. The highest BCUT2D eigenvalue weighted by Crippen LogP contribution is 2.44. The molecule has 1 aromatic rings. The second kappa shape index (κ2) is 4.72. The van der Waals surface area contributed by atoms with Gasteiger partial charge < -0.3 is 4.74 Å². The number of rotatable bonds is 2. The average Bonchev–Trinajstić information content (AvgIpc) is 2.28. The lowest BCUT2D eigenvalue weighted by molar-refractivity contribution is 0.395. The molecule has 1 heteroatoms. The van der Waals surface area contributed by atoms with Crippen LogP contribution >= 0.6 is 0 Å². The number of hydrogen-bond acceptors (Lipinski definition) is 1. The largest absolute Gasteiger partial charge is 0.496 e. The summed E-state index contributed by atoms with van der Waals surface area (Å²) in [6.07, 6.45) is 2.64. The standard InChI is InChI=1S/C16H24O/c1-10(2)13-7-6-11(3)14-9-16(17-5)12(4)8-15(13)14/h8-11,13H,6-7H2,1-5H3. The topological polar surface area (TPSA) is 9.23 Å². The third-order valence-electron chi connectivity index (χ3n) is 4.25. The normalized spacial score (nSPS) is 23.6. The van der Waals surface area contributed by atoms with Gasteiger partial charge in [-0.1, -0.05) is 26.8 Å². The van der Waals surface area contributed by atoms with Crippen LogP contribution in [0.4, 0.5) is 0 Å². The highest BCUT2D eigenvalue weighted by Gasteiger charge is 2.27. The molecule has 94 valence electrons. The third-order valence-corrected chi connectivity index (χ3v) is 4.25. The van der Waals surface area contributed by atoms with E-state index in [1.807, 2.05) is 0 Å². The van der Waals surface area contributed by atoms with E-state index in [1.54, 1.807) is 12.7 Å². The van der Waals surface area contributed by atoms with Gasteiger partial charge >= 0.3 is 0 Å². The Morgan fingerprint density at radius 2 is 1.88 bits per heavy atom. The first-order valence-electron chi connectivity index (χ1n) is 6.73. The molecule has 0 bridgehead atoms. The molecule has 17 heavy (non-hydrogen) atoms. The summed E-state index contributed by atoms with van der Waals surface area (Å²) < 4.78 is 5.46. The van der Waals surface area contributed by atoms with Gasteiger partial charge in [-0.05, 0) is 60.3 Å². The van der Waals surface area contributed by atoms with Crippen molar-refractivity contribution < 1.29 is 4.74 Å². The van der Waals surface area contributed by atoms with Crippen molar-refractivity contribution >= 4 is 0 Å². The van der Waals surface area contributed by atoms with E-state index in [1.165, 1.54) is 24.0 Å². The van der Waals surface area contributed by atoms with Gasteiger partial charge in [0.15, 0.2) is 0 Å². The first-order chi connectivity index (χ1) is 8.04. The predicted molar refractivity (Wildman–Crippen MR) is 73.0 cm³/mol. The summed E-state index contributed by atoms with van der Waals surface area (Å²) in [6, 6.07) is 4.62. The van der Waals surface area contributed by atoms with Gasteiger partial charge in [-0.2, -0.15) is 0 Å². The molecule has 0 saturated heterocycles. The minimum Gasteiger partial charge on any atom is -0.496 e. The Morgan fingerprint density at radius 1 is 1.18 bits per heavy atom. The maximum absolute atomic E-state index is 5.46. The molecule has 1 nitrogen and oxygen atoms in total. The van der Waals surface area contributed by atoms with Crippen molar-refractivity contribution in [3.63, 3.8) is 0 Å². The van der Waals surface area contributed by atoms with Gasteiger partial charge in [-0.3, -0.25) is 0 Å². The van der Waals surface area contributed by atoms with Crippen molar-refractivity contribution in [2.24, 2.45) is 5.92 Å². The van der Waals surface area contributed by atoms with Crippen LogP contribution < -0.4 is 4.74 Å². The molecule has 2 rings (SSSR count). The van der Waals surface area contributed by atoms with Crippen LogP contribution in [0, 0.1) is 12.8 Å². The molecular weight excluding hydrogens is 208 g/mol. The highest BCUT2D eigenvalue weighted by atomic mass is 16.5. The molecule has 0 N–H and O–H groups in total. The van der Waals surface area contributed by atoms with Crippen LogP contribution in [0.25, 0.3) is 0 Å². The van der Waals surface area contributed by atoms with Crippen LogP contribution in [-0.2, 0) is 0 Å². The van der Waals surface area contributed by atoms with Crippen LogP contribution in [0.2, 0.25) is 0 Å². The zero-order valence-electron chi connectivity index (χ0n) is 11.7. The third kappa shape index (κ3) is 2.20. The summed E-state index contributed by atoms with van der Waals surface area (Å²) in [5.41, 5.74) is 4.35. The number of ether oxygens (including phenoxy) is 1. The Bertz CT molecular complexity index is 406. The Labute approximate surface area is 105 Å². The fraction of sp³-hybridized carbons (Fsp3) is 0.625. The highest BCUT2D eigenvalue weighted by molar-refractivity contribution is 5.46. The molecule has 1 aliphatic carbocycles. The van der Waals surface area contributed by atoms with E-state index in [0.717, 1.165) is 17.6 Å². The lowest BCUT2D eigenvalue weighted by Crippen LogP contribution is -2.17. The fourth-order valence-electron chi connectivity index (χ4n) is 3.13. The van der Waals surface area contributed by atoms with E-state index in [4.69, 9.17) is 4.74 Å². The van der Waals surface area contributed by atoms with Crippen molar-refractivity contribution in [2.75, 3.05) is 7.11 Å². The number of benzene rings is 1. The van der Waals surface area contributed by atoms with Crippen LogP contribution in [0.5, 0.6) is 5.75 Å². The Balaban J connectivity index is 2.51. The van der Waals surface area contributed by atoms with E-state index in [-0.39, 0.29) is 0 Å². The minimum absolute atomic E-state index is 0.675. The maximum Gasteiger partial charge on any atom is 0.122 e. The summed E-state index contributed by atoms with van der Waals surface area (Å²) in [4.78, 5) is 0. The van der Waals surface area contributed by atoms with E-state index in [9.17, 15) is 0 Å². The van der Waals surface area contributed by atoms with Gasteiger partial charge in [-0.15, -0.1) is 0 Å². The molecule has 0 aliphatic heterocycles. The zero-order chi connectivity index (χ0) is 12.6. The summed E-state index contributed by atoms with van der Waals surface area (Å²) in [5.74, 6) is 3.18. The summed E-state index contributed by atoms with van der Waals surface area (Å²) >= 11 is 0. The van der Waals surface area contributed by atoms with Gasteiger partial charge in [0, 0.05) is 0 Å². The molecule has 0 fully saturated rings. The molecule has 1 aromatic carbocycles. The first-order valence-corrected chi connectivity index (χ1v) is 6.73. The average molecular weight is 232 g/mol. The molecule has 1 aliphatic rings. The molecule has 0 amide bonds. The summed E-state index contributed by atoms with van der Waals surface area (Å²) in [5, 5.41) is 0. The lowest BCUT2D eigenvalue weighted by atomic mass is 9.72. The monoisotopic (exact) mass is 232 g/mol. The van der Waals surface area contributed by atoms with E-state index in [0.29, 0.717) is 5.92 Å². The number of hydrogen-bond donors (Lipinski definition) is 0. The van der Waals surface area contributed by atoms with Crippen molar-refractivity contribution in [1.82, 2.24) is 0 Å². The minimum atomic E-state index is 0.675. The number of fused-ring (bicyclic) bond motifs is 1. The molecule has 0 aromatic heterocycles. The molecule has 2 atom stereocenters. The van der Waals surface area contributed by atoms with Gasteiger partial charge in [0.1, 0.15) is 5.75 Å². The maximum atomic E-state index is 5.46. The van der Waals surface area contributed by atoms with Crippen molar-refractivity contribution in [2.45, 2.75) is 52.4 Å². The SMILES string of the molecule is COc1cc2c(cc1C)C(C(C)C)CCC2C. The molecule has 0 heterocycles. The lowest BCUT2D eigenvalue weighted by Gasteiger charge is -2.33. The quantitative estimate of drug-likeness (QED) is 0.721. The van der Waals surface area contributed by atoms with E-state index in [2.05, 4.69) is 39.8 Å². The number of methoxy groups -OCH3 is 1. The second-order valence-electron chi connectivity index (χ2n) is 5.78. The second-order valence-corrected chi connectivity index (χ2v) is 5.78. The van der Waals surface area contributed by atoms with Crippen LogP contribution in [0.1, 0.15) is 62.1 Å². The van der Waals surface area contributed by atoms with E-state index < -0.39 is 0 Å². The number of aryl methyl sites for hydroxylation is 1. The molecule has 2 unspecified atom stereocenters. The molecule has 0 radical (unpaired) electrons. The Hall–Kier alpha value is -0.980. The van der Waals surface area contributed by atoms with Gasteiger partial charge in [0.25, 0.3) is 0 Å². The molecule has 0 saturated carbocycles. The predicted octanol–water partition coefficient (Wildman–Crippen LogP) is 4.64. The van der Waals surface area contributed by atoms with Crippen molar-refractivity contribution in [3.05, 3.63) is 28.8 Å². The zero-order valence-corrected chi connectivity index (χ0v) is 11.7. The van der Waals surface area contributed by atoms with Crippen LogP contribution in [0.3, 0.4) is 0 Å². The smallest absolute Gasteiger partial charge is 0.122 e. The van der Waals surface area contributed by atoms with Gasteiger partial charge in [0.2, 0.25) is 0 Å². The molecular formula is C16H24O. The first kappa shape index (κ1) is 12.5. The van der Waals surface area contributed by atoms with Crippen LogP contribution in [0.15, 0.2) is 12.1 Å². The van der Waals surface area contributed by atoms with Crippen LogP contribution in [-0.4, -0.2) is 7.11 Å². The Kier molecular flexibility index (Phi) is 3.46. The van der Waals surface area contributed by atoms with Gasteiger partial charge in [0.05, 0.1) is 7.11 Å². The van der Waals surface area contributed by atoms with Gasteiger partial charge in [-0.25, -0.2) is 0 Å². The van der Waals surface area contributed by atoms with Crippen molar-refractivity contribution in [1.29, 1.82) is 0 Å². The summed E-state index contributed by atoms with van der Waals surface area (Å²) in [6.45, 7) is 9.16. The van der Waals surface area contributed by atoms with E-state index >= 15 is 0 Å². The van der Waals surface area contributed by atoms with Crippen molar-refractivity contribution in [3.8, 4) is 5.75 Å². The summed E-state index contributed by atoms with van der Waals surface area (Å²) in [7, 11) is 1.77. The Morgan fingerprint density at radius 3 is 2.47 bits per heavy atom. The fourth-order valence-corrected chi connectivity index (χ4v) is 3.13.